The Labute approximate surface area is 131 Å². The lowest BCUT2D eigenvalue weighted by Gasteiger charge is -2.35. The van der Waals surface area contributed by atoms with Crippen molar-refractivity contribution in [3.05, 3.63) is 30.2 Å². The second kappa shape index (κ2) is 7.61. The molecule has 1 atom stereocenters. The van der Waals surface area contributed by atoms with Crippen LogP contribution in [-0.2, 0) is 9.53 Å². The molecular formula is C17H24N2O3. The number of nitrogens with zero attached hydrogens (tertiary/aromatic N) is 1. The molecule has 0 bridgehead atoms. The average molecular weight is 304 g/mol. The maximum absolute atomic E-state index is 11.8. The number of rotatable bonds is 5. The molecular weight excluding hydrogens is 280 g/mol. The molecule has 1 unspecified atom stereocenters. The second-order valence-corrected chi connectivity index (χ2v) is 6.09. The highest BCUT2D eigenvalue weighted by atomic mass is 16.5. The lowest BCUT2D eigenvalue weighted by Crippen LogP contribution is -2.43. The first kappa shape index (κ1) is 15.3. The Morgan fingerprint density at radius 3 is 2.91 bits per heavy atom. The SMILES string of the molecule is O=C(C=Cc1ccco1)NCC1CCN(C2CCOC2)CC1. The van der Waals surface area contributed by atoms with Gasteiger partial charge in [-0.05, 0) is 56.5 Å². The Morgan fingerprint density at radius 2 is 2.23 bits per heavy atom. The van der Waals surface area contributed by atoms with Gasteiger partial charge in [-0.15, -0.1) is 0 Å². The van der Waals surface area contributed by atoms with Crippen LogP contribution >= 0.6 is 0 Å². The Balaban J connectivity index is 1.35. The van der Waals surface area contributed by atoms with Gasteiger partial charge >= 0.3 is 0 Å². The number of piperidine rings is 1. The number of hydrogen-bond donors (Lipinski definition) is 1. The summed E-state index contributed by atoms with van der Waals surface area (Å²) in [7, 11) is 0. The van der Waals surface area contributed by atoms with Gasteiger partial charge in [0, 0.05) is 25.3 Å². The van der Waals surface area contributed by atoms with E-state index in [0.29, 0.717) is 17.7 Å². The highest BCUT2D eigenvalue weighted by molar-refractivity contribution is 5.91. The Morgan fingerprint density at radius 1 is 1.36 bits per heavy atom. The molecule has 1 amide bonds. The Hall–Kier alpha value is -1.59. The van der Waals surface area contributed by atoms with Gasteiger partial charge in [0.05, 0.1) is 12.9 Å². The predicted molar refractivity (Wildman–Crippen MR) is 84.3 cm³/mol. The van der Waals surface area contributed by atoms with E-state index in [4.69, 9.17) is 9.15 Å². The van der Waals surface area contributed by atoms with Gasteiger partial charge in [-0.25, -0.2) is 0 Å². The van der Waals surface area contributed by atoms with E-state index in [1.807, 2.05) is 6.07 Å². The van der Waals surface area contributed by atoms with E-state index in [1.54, 1.807) is 18.4 Å². The maximum atomic E-state index is 11.8. The van der Waals surface area contributed by atoms with Crippen LogP contribution in [0.25, 0.3) is 6.08 Å². The fourth-order valence-electron chi connectivity index (χ4n) is 3.18. The predicted octanol–water partition coefficient (Wildman–Crippen LogP) is 1.91. The van der Waals surface area contributed by atoms with Crippen molar-refractivity contribution in [1.29, 1.82) is 0 Å². The number of ether oxygens (including phenoxy) is 1. The smallest absolute Gasteiger partial charge is 0.244 e. The summed E-state index contributed by atoms with van der Waals surface area (Å²) in [6.45, 7) is 4.80. The molecule has 0 saturated carbocycles. The van der Waals surface area contributed by atoms with Gasteiger partial charge < -0.3 is 14.5 Å². The molecule has 120 valence electrons. The van der Waals surface area contributed by atoms with Crippen molar-refractivity contribution in [2.45, 2.75) is 25.3 Å². The van der Waals surface area contributed by atoms with Gasteiger partial charge in [-0.3, -0.25) is 9.69 Å². The van der Waals surface area contributed by atoms with Crippen LogP contribution < -0.4 is 5.32 Å². The van der Waals surface area contributed by atoms with E-state index in [9.17, 15) is 4.79 Å². The van der Waals surface area contributed by atoms with Gasteiger partial charge in [-0.2, -0.15) is 0 Å². The third kappa shape index (κ3) is 4.21. The lowest BCUT2D eigenvalue weighted by molar-refractivity contribution is -0.116. The number of furan rings is 1. The van der Waals surface area contributed by atoms with Crippen molar-refractivity contribution in [3.63, 3.8) is 0 Å². The number of likely N-dealkylation sites (tertiary alicyclic amines) is 1. The number of carbonyl (C=O) groups is 1. The van der Waals surface area contributed by atoms with Crippen molar-refractivity contribution < 1.29 is 13.9 Å². The highest BCUT2D eigenvalue weighted by Gasteiger charge is 2.27. The summed E-state index contributed by atoms with van der Waals surface area (Å²) in [4.78, 5) is 14.3. The topological polar surface area (TPSA) is 54.7 Å². The summed E-state index contributed by atoms with van der Waals surface area (Å²) in [5.41, 5.74) is 0. The summed E-state index contributed by atoms with van der Waals surface area (Å²) < 4.78 is 10.6. The van der Waals surface area contributed by atoms with E-state index < -0.39 is 0 Å². The molecule has 5 nitrogen and oxygen atoms in total. The largest absolute Gasteiger partial charge is 0.465 e. The van der Waals surface area contributed by atoms with Gasteiger partial charge in [0.15, 0.2) is 0 Å². The van der Waals surface area contributed by atoms with E-state index in [0.717, 1.165) is 45.7 Å². The van der Waals surface area contributed by atoms with Crippen LogP contribution in [0.2, 0.25) is 0 Å². The van der Waals surface area contributed by atoms with Crippen LogP contribution in [0.1, 0.15) is 25.0 Å². The Bertz CT molecular complexity index is 484. The molecule has 2 saturated heterocycles. The van der Waals surface area contributed by atoms with Gasteiger partial charge in [0.25, 0.3) is 0 Å². The van der Waals surface area contributed by atoms with E-state index in [1.165, 1.54) is 12.5 Å². The molecule has 5 heteroatoms. The monoisotopic (exact) mass is 304 g/mol. The van der Waals surface area contributed by atoms with Gasteiger partial charge in [0.1, 0.15) is 5.76 Å². The molecule has 0 aromatic carbocycles. The van der Waals surface area contributed by atoms with Crippen LogP contribution in [0.3, 0.4) is 0 Å². The number of hydrogen-bond acceptors (Lipinski definition) is 4. The minimum Gasteiger partial charge on any atom is -0.465 e. The van der Waals surface area contributed by atoms with Crippen molar-refractivity contribution in [3.8, 4) is 0 Å². The normalized spacial score (nSPS) is 24.1. The first-order chi connectivity index (χ1) is 10.8. The molecule has 2 aliphatic rings. The molecule has 0 aliphatic carbocycles. The molecule has 1 N–H and O–H groups in total. The minimum absolute atomic E-state index is 0.0528. The summed E-state index contributed by atoms with van der Waals surface area (Å²) in [6.07, 6.45) is 8.29. The van der Waals surface area contributed by atoms with Crippen molar-refractivity contribution in [1.82, 2.24) is 10.2 Å². The highest BCUT2D eigenvalue weighted by Crippen LogP contribution is 2.21. The lowest BCUT2D eigenvalue weighted by atomic mass is 9.95. The van der Waals surface area contributed by atoms with E-state index in [-0.39, 0.29) is 5.91 Å². The summed E-state index contributed by atoms with van der Waals surface area (Å²) in [5, 5.41) is 2.99. The number of carbonyl (C=O) groups excluding carboxylic acids is 1. The van der Waals surface area contributed by atoms with Crippen LogP contribution in [-0.4, -0.2) is 49.7 Å². The van der Waals surface area contributed by atoms with Crippen LogP contribution in [0.15, 0.2) is 28.9 Å². The molecule has 3 heterocycles. The standard InChI is InChI=1S/C17H24N2O3/c20-17(4-3-16-2-1-10-22-16)18-12-14-5-8-19(9-6-14)15-7-11-21-13-15/h1-4,10,14-15H,5-9,11-13H2,(H,18,20). The van der Waals surface area contributed by atoms with Crippen molar-refractivity contribution >= 4 is 12.0 Å². The number of nitrogens with one attached hydrogen (secondary N) is 1. The third-order valence-corrected chi connectivity index (χ3v) is 4.58. The molecule has 0 spiro atoms. The van der Waals surface area contributed by atoms with Gasteiger partial charge in [0.2, 0.25) is 5.91 Å². The van der Waals surface area contributed by atoms with E-state index >= 15 is 0 Å². The molecule has 0 radical (unpaired) electrons. The van der Waals surface area contributed by atoms with Crippen molar-refractivity contribution in [2.24, 2.45) is 5.92 Å². The van der Waals surface area contributed by atoms with Crippen LogP contribution in [0, 0.1) is 5.92 Å². The summed E-state index contributed by atoms with van der Waals surface area (Å²) >= 11 is 0. The fraction of sp³-hybridized carbons (Fsp3) is 0.588. The molecule has 22 heavy (non-hydrogen) atoms. The molecule has 1 aromatic rings. The van der Waals surface area contributed by atoms with Crippen LogP contribution in [0.4, 0.5) is 0 Å². The maximum Gasteiger partial charge on any atom is 0.244 e. The zero-order valence-corrected chi connectivity index (χ0v) is 12.9. The molecule has 3 rings (SSSR count). The first-order valence-corrected chi connectivity index (χ1v) is 8.12. The minimum atomic E-state index is -0.0528. The Kier molecular flexibility index (Phi) is 5.29. The first-order valence-electron chi connectivity index (χ1n) is 8.12. The molecule has 1 aromatic heterocycles. The second-order valence-electron chi connectivity index (χ2n) is 6.09. The number of amides is 1. The van der Waals surface area contributed by atoms with Crippen LogP contribution in [0.5, 0.6) is 0 Å². The van der Waals surface area contributed by atoms with Crippen molar-refractivity contribution in [2.75, 3.05) is 32.8 Å². The zero-order chi connectivity index (χ0) is 15.2. The molecule has 2 aliphatic heterocycles. The quantitative estimate of drug-likeness (QED) is 0.844. The third-order valence-electron chi connectivity index (χ3n) is 4.58. The summed E-state index contributed by atoms with van der Waals surface area (Å²) in [6, 6.07) is 4.25. The fourth-order valence-corrected chi connectivity index (χ4v) is 3.18. The van der Waals surface area contributed by atoms with Gasteiger partial charge in [-0.1, -0.05) is 0 Å². The summed E-state index contributed by atoms with van der Waals surface area (Å²) in [5.74, 6) is 1.23. The molecule has 2 fully saturated rings. The zero-order valence-electron chi connectivity index (χ0n) is 12.9. The average Bonchev–Trinajstić information content (AvgIpc) is 3.24. The van der Waals surface area contributed by atoms with E-state index in [2.05, 4.69) is 10.2 Å².